The monoisotopic (exact) mass is 282 g/mol. The fraction of sp³-hybridized carbons (Fsp3) is 0.812. The molecule has 0 unspecified atom stereocenters. The van der Waals surface area contributed by atoms with Gasteiger partial charge in [0.1, 0.15) is 5.78 Å². The van der Waals surface area contributed by atoms with Crippen LogP contribution in [-0.2, 0) is 9.22 Å². The Morgan fingerprint density at radius 2 is 1.89 bits per heavy atom. The lowest BCUT2D eigenvalue weighted by molar-refractivity contribution is -0.129. The molecule has 0 spiro atoms. The molecule has 0 saturated heterocycles. The van der Waals surface area contributed by atoms with Gasteiger partial charge in [0, 0.05) is 12.3 Å². The van der Waals surface area contributed by atoms with E-state index >= 15 is 0 Å². The summed E-state index contributed by atoms with van der Waals surface area (Å²) in [5.41, 5.74) is 1.11. The first kappa shape index (κ1) is 16.6. The minimum absolute atomic E-state index is 0.0322. The topological polar surface area (TPSA) is 26.3 Å². The van der Waals surface area contributed by atoms with Gasteiger partial charge in [-0.05, 0) is 37.4 Å². The average Bonchev–Trinajstić information content (AvgIpc) is 2.22. The zero-order valence-corrected chi connectivity index (χ0v) is 14.7. The smallest absolute Gasteiger partial charge is 0.192 e. The molecule has 0 heterocycles. The summed E-state index contributed by atoms with van der Waals surface area (Å²) in [6.07, 6.45) is 1.67. The van der Waals surface area contributed by atoms with Crippen LogP contribution in [0.2, 0.25) is 18.1 Å². The van der Waals surface area contributed by atoms with Crippen LogP contribution in [0.25, 0.3) is 0 Å². The van der Waals surface area contributed by atoms with E-state index in [4.69, 9.17) is 4.43 Å². The molecule has 1 aliphatic rings. The summed E-state index contributed by atoms with van der Waals surface area (Å²) < 4.78 is 6.48. The molecule has 0 aromatic rings. The predicted octanol–water partition coefficient (Wildman–Crippen LogP) is 4.57. The third-order valence-electron chi connectivity index (χ3n) is 4.98. The molecule has 1 saturated carbocycles. The van der Waals surface area contributed by atoms with Gasteiger partial charge in [-0.15, -0.1) is 0 Å². The lowest BCUT2D eigenvalue weighted by Crippen LogP contribution is -2.48. The minimum atomic E-state index is -1.81. The van der Waals surface area contributed by atoms with Gasteiger partial charge in [-0.1, -0.05) is 39.8 Å². The van der Waals surface area contributed by atoms with Gasteiger partial charge in [0.05, 0.1) is 6.10 Å². The second kappa shape index (κ2) is 5.53. The Bertz CT molecular complexity index is 365. The number of hydrogen-bond donors (Lipinski definition) is 0. The van der Waals surface area contributed by atoms with Gasteiger partial charge in [-0.25, -0.2) is 0 Å². The molecular weight excluding hydrogens is 252 g/mol. The van der Waals surface area contributed by atoms with Crippen LogP contribution < -0.4 is 0 Å². The summed E-state index contributed by atoms with van der Waals surface area (Å²) >= 11 is 0. The van der Waals surface area contributed by atoms with Crippen LogP contribution in [0.1, 0.15) is 47.5 Å². The van der Waals surface area contributed by atoms with Gasteiger partial charge in [-0.3, -0.25) is 4.79 Å². The number of Topliss-reactive ketones (excluding diaryl/α,β-unsaturated/α-hetero) is 1. The zero-order chi connectivity index (χ0) is 15.0. The lowest BCUT2D eigenvalue weighted by atomic mass is 9.77. The summed E-state index contributed by atoms with van der Waals surface area (Å²) in [6, 6.07) is 0. The molecule has 1 aliphatic carbocycles. The second-order valence-electron chi connectivity index (χ2n) is 7.65. The molecule has 2 nitrogen and oxygen atoms in total. The number of ketones is 1. The molecule has 0 aromatic heterocycles. The highest BCUT2D eigenvalue weighted by Gasteiger charge is 2.43. The maximum atomic E-state index is 12.1. The van der Waals surface area contributed by atoms with Crippen LogP contribution in [0.5, 0.6) is 0 Å². The van der Waals surface area contributed by atoms with Crippen molar-refractivity contribution >= 4 is 14.1 Å². The van der Waals surface area contributed by atoms with Crippen molar-refractivity contribution in [3.05, 3.63) is 12.2 Å². The minimum Gasteiger partial charge on any atom is -0.413 e. The van der Waals surface area contributed by atoms with E-state index in [0.717, 1.165) is 12.0 Å². The maximum Gasteiger partial charge on any atom is 0.192 e. The summed E-state index contributed by atoms with van der Waals surface area (Å²) in [7, 11) is -1.81. The standard InChI is InChI=1S/C16H30O2Si/c1-11(2)13-9-14(17)12(3)15(10-13)18-19(7,8)16(4,5)6/h12-13,15H,1,9-10H2,2-8H3/t12-,13-,15-/m1/s1. The normalized spacial score (nSPS) is 29.4. The van der Waals surface area contributed by atoms with Crippen LogP contribution in [0.3, 0.4) is 0 Å². The molecule has 0 aliphatic heterocycles. The Kier molecular flexibility index (Phi) is 4.84. The van der Waals surface area contributed by atoms with Gasteiger partial charge in [0.15, 0.2) is 8.32 Å². The molecule has 19 heavy (non-hydrogen) atoms. The molecule has 0 aromatic carbocycles. The number of carbonyl (C=O) groups is 1. The summed E-state index contributed by atoms with van der Waals surface area (Å²) in [6.45, 7) is 19.3. The predicted molar refractivity (Wildman–Crippen MR) is 83.8 cm³/mol. The van der Waals surface area contributed by atoms with E-state index in [1.165, 1.54) is 0 Å². The quantitative estimate of drug-likeness (QED) is 0.560. The number of allylic oxidation sites excluding steroid dienone is 1. The molecule has 110 valence electrons. The van der Waals surface area contributed by atoms with Crippen molar-refractivity contribution in [2.75, 3.05) is 0 Å². The van der Waals surface area contributed by atoms with Gasteiger partial charge in [0.2, 0.25) is 0 Å². The fourth-order valence-corrected chi connectivity index (χ4v) is 3.70. The summed E-state index contributed by atoms with van der Waals surface area (Å²) in [5, 5.41) is 0.186. The molecule has 3 atom stereocenters. The largest absolute Gasteiger partial charge is 0.413 e. The van der Waals surface area contributed by atoms with Crippen molar-refractivity contribution < 1.29 is 9.22 Å². The van der Waals surface area contributed by atoms with Gasteiger partial charge < -0.3 is 4.43 Å². The summed E-state index contributed by atoms with van der Waals surface area (Å²) in [5.74, 6) is 0.672. The van der Waals surface area contributed by atoms with Gasteiger partial charge in [-0.2, -0.15) is 0 Å². The first-order valence-corrected chi connectivity index (χ1v) is 10.2. The fourth-order valence-electron chi connectivity index (χ4n) is 2.28. The molecule has 0 bridgehead atoms. The molecule has 1 fully saturated rings. The van der Waals surface area contributed by atoms with Crippen LogP contribution in [0.15, 0.2) is 12.2 Å². The third kappa shape index (κ3) is 3.79. The SMILES string of the molecule is C=C(C)[C@@H]1CC(=O)[C@@H](C)[C@H](O[Si](C)(C)C(C)(C)C)C1. The van der Waals surface area contributed by atoms with Gasteiger partial charge in [0.25, 0.3) is 0 Å². The number of rotatable bonds is 3. The molecule has 1 rings (SSSR count). The number of carbonyl (C=O) groups excluding carboxylic acids is 1. The van der Waals surface area contributed by atoms with Crippen molar-refractivity contribution in [2.24, 2.45) is 11.8 Å². The van der Waals surface area contributed by atoms with E-state index < -0.39 is 8.32 Å². The highest BCUT2D eigenvalue weighted by atomic mass is 28.4. The summed E-state index contributed by atoms with van der Waals surface area (Å²) in [4.78, 5) is 12.1. The Hall–Kier alpha value is -0.413. The van der Waals surface area contributed by atoms with Crippen LogP contribution in [0, 0.1) is 11.8 Å². The first-order chi connectivity index (χ1) is 8.45. The van der Waals surface area contributed by atoms with E-state index in [-0.39, 0.29) is 17.1 Å². The molecule has 3 heteroatoms. The van der Waals surface area contributed by atoms with Crippen LogP contribution in [-0.4, -0.2) is 20.2 Å². The number of hydrogen-bond acceptors (Lipinski definition) is 2. The lowest BCUT2D eigenvalue weighted by Gasteiger charge is -2.43. The molecule has 0 radical (unpaired) electrons. The van der Waals surface area contributed by atoms with Crippen molar-refractivity contribution in [3.8, 4) is 0 Å². The van der Waals surface area contributed by atoms with Crippen LogP contribution in [0.4, 0.5) is 0 Å². The van der Waals surface area contributed by atoms with E-state index in [2.05, 4.69) is 40.4 Å². The van der Waals surface area contributed by atoms with Gasteiger partial charge >= 0.3 is 0 Å². The van der Waals surface area contributed by atoms with Crippen molar-refractivity contribution in [3.63, 3.8) is 0 Å². The van der Waals surface area contributed by atoms with Crippen molar-refractivity contribution in [1.82, 2.24) is 0 Å². The van der Waals surface area contributed by atoms with Crippen LogP contribution >= 0.6 is 0 Å². The first-order valence-electron chi connectivity index (χ1n) is 7.31. The van der Waals surface area contributed by atoms with E-state index in [1.807, 2.05) is 13.8 Å². The van der Waals surface area contributed by atoms with E-state index in [9.17, 15) is 4.79 Å². The maximum absolute atomic E-state index is 12.1. The van der Waals surface area contributed by atoms with E-state index in [1.54, 1.807) is 0 Å². The van der Waals surface area contributed by atoms with Crippen molar-refractivity contribution in [1.29, 1.82) is 0 Å². The Balaban J connectivity index is 2.86. The average molecular weight is 282 g/mol. The molecule has 0 amide bonds. The zero-order valence-electron chi connectivity index (χ0n) is 13.7. The highest BCUT2D eigenvalue weighted by molar-refractivity contribution is 6.74. The van der Waals surface area contributed by atoms with E-state index in [0.29, 0.717) is 18.1 Å². The molecule has 0 N–H and O–H groups in total. The highest BCUT2D eigenvalue weighted by Crippen LogP contribution is 2.41. The van der Waals surface area contributed by atoms with Crippen molar-refractivity contribution in [2.45, 2.75) is 71.7 Å². The Morgan fingerprint density at radius 3 is 2.32 bits per heavy atom. The Morgan fingerprint density at radius 1 is 1.37 bits per heavy atom. The Labute approximate surface area is 119 Å². The third-order valence-corrected chi connectivity index (χ3v) is 9.48. The molecular formula is C16H30O2Si. The second-order valence-corrected chi connectivity index (χ2v) is 12.4.